The molecule has 2 atom stereocenters. The molecule has 0 heterocycles. The van der Waals surface area contributed by atoms with Crippen LogP contribution in [0.3, 0.4) is 0 Å². The molecule has 0 unspecified atom stereocenters. The molecular formula is C31H34N2O7. The minimum Gasteiger partial charge on any atom is -0.508 e. The second kappa shape index (κ2) is 13.4. The van der Waals surface area contributed by atoms with Crippen LogP contribution in [-0.2, 0) is 31.9 Å². The summed E-state index contributed by atoms with van der Waals surface area (Å²) < 4.78 is 10.2. The van der Waals surface area contributed by atoms with E-state index in [1.807, 2.05) is 6.07 Å². The Bertz CT molecular complexity index is 1330. The fourth-order valence-corrected chi connectivity index (χ4v) is 3.97. The number of ether oxygens (including phenoxy) is 2. The molecule has 2 amide bonds. The monoisotopic (exact) mass is 546 g/mol. The number of alkyl carbamates (subject to hydrolysis) is 1. The van der Waals surface area contributed by atoms with Crippen molar-refractivity contribution in [2.24, 2.45) is 0 Å². The number of phenols is 1. The zero-order valence-electron chi connectivity index (χ0n) is 23.0. The highest BCUT2D eigenvalue weighted by Gasteiger charge is 2.29. The molecule has 3 aromatic rings. The van der Waals surface area contributed by atoms with E-state index in [0.29, 0.717) is 22.3 Å². The van der Waals surface area contributed by atoms with Gasteiger partial charge in [0.2, 0.25) is 5.91 Å². The minimum absolute atomic E-state index is 0.0219. The number of aromatic hydroxyl groups is 1. The van der Waals surface area contributed by atoms with E-state index in [0.717, 1.165) is 0 Å². The number of benzene rings is 3. The molecule has 0 bridgehead atoms. The van der Waals surface area contributed by atoms with Crippen LogP contribution >= 0.6 is 0 Å². The predicted octanol–water partition coefficient (Wildman–Crippen LogP) is 3.96. The number of rotatable bonds is 10. The van der Waals surface area contributed by atoms with E-state index in [4.69, 9.17) is 9.47 Å². The molecule has 3 aromatic carbocycles. The van der Waals surface area contributed by atoms with Crippen molar-refractivity contribution in [1.29, 1.82) is 0 Å². The molecule has 9 heteroatoms. The van der Waals surface area contributed by atoms with E-state index in [1.165, 1.54) is 19.2 Å². The number of carbonyl (C=O) groups excluding carboxylic acids is 4. The van der Waals surface area contributed by atoms with Gasteiger partial charge in [0.25, 0.3) is 0 Å². The van der Waals surface area contributed by atoms with Crippen LogP contribution in [0.15, 0.2) is 78.9 Å². The summed E-state index contributed by atoms with van der Waals surface area (Å²) in [6.07, 6.45) is -0.690. The van der Waals surface area contributed by atoms with Gasteiger partial charge in [0.1, 0.15) is 23.4 Å². The first-order valence-electron chi connectivity index (χ1n) is 12.8. The molecule has 40 heavy (non-hydrogen) atoms. The lowest BCUT2D eigenvalue weighted by Gasteiger charge is -2.25. The van der Waals surface area contributed by atoms with Gasteiger partial charge in [0.05, 0.1) is 7.11 Å². The van der Waals surface area contributed by atoms with Gasteiger partial charge in [-0.15, -0.1) is 0 Å². The van der Waals surface area contributed by atoms with Crippen molar-refractivity contribution >= 4 is 23.8 Å². The second-order valence-electron chi connectivity index (χ2n) is 10.3. The molecule has 3 rings (SSSR count). The van der Waals surface area contributed by atoms with Crippen molar-refractivity contribution in [3.63, 3.8) is 0 Å². The van der Waals surface area contributed by atoms with E-state index in [-0.39, 0.29) is 24.4 Å². The maximum Gasteiger partial charge on any atom is 0.408 e. The molecule has 0 aliphatic heterocycles. The summed E-state index contributed by atoms with van der Waals surface area (Å²) in [4.78, 5) is 51.6. The van der Waals surface area contributed by atoms with Crippen LogP contribution in [0.4, 0.5) is 4.79 Å². The average molecular weight is 547 g/mol. The molecule has 0 saturated heterocycles. The number of amides is 2. The van der Waals surface area contributed by atoms with Crippen molar-refractivity contribution in [2.75, 3.05) is 7.11 Å². The van der Waals surface area contributed by atoms with Crippen LogP contribution in [0.2, 0.25) is 0 Å². The van der Waals surface area contributed by atoms with E-state index in [2.05, 4.69) is 10.6 Å². The van der Waals surface area contributed by atoms with Gasteiger partial charge < -0.3 is 25.2 Å². The lowest BCUT2D eigenvalue weighted by atomic mass is 9.98. The van der Waals surface area contributed by atoms with E-state index >= 15 is 0 Å². The van der Waals surface area contributed by atoms with E-state index in [9.17, 15) is 24.3 Å². The van der Waals surface area contributed by atoms with Crippen molar-refractivity contribution < 1.29 is 33.8 Å². The van der Waals surface area contributed by atoms with Gasteiger partial charge in [0.15, 0.2) is 5.78 Å². The fourth-order valence-electron chi connectivity index (χ4n) is 3.97. The first kappa shape index (κ1) is 29.9. The molecule has 0 aliphatic carbocycles. The Morgan fingerprint density at radius 3 is 2.02 bits per heavy atom. The van der Waals surface area contributed by atoms with Crippen LogP contribution in [0.1, 0.15) is 47.8 Å². The van der Waals surface area contributed by atoms with Crippen molar-refractivity contribution in [3.05, 3.63) is 101 Å². The minimum atomic E-state index is -1.14. The lowest BCUT2D eigenvalue weighted by molar-refractivity contribution is -0.145. The summed E-state index contributed by atoms with van der Waals surface area (Å²) in [6.45, 7) is 5.10. The van der Waals surface area contributed by atoms with Crippen LogP contribution in [0.5, 0.6) is 5.75 Å². The SMILES string of the molecule is COC(=O)[C@H](Cc1ccc(O)cc1)NC(=O)[C@@H](Cc1cccc(C(=O)c2ccccc2)c1)NC(=O)OC(C)(C)C. The summed E-state index contributed by atoms with van der Waals surface area (Å²) in [5, 5.41) is 14.8. The molecule has 210 valence electrons. The Morgan fingerprint density at radius 1 is 0.775 bits per heavy atom. The van der Waals surface area contributed by atoms with Gasteiger partial charge in [-0.25, -0.2) is 9.59 Å². The zero-order chi connectivity index (χ0) is 29.3. The summed E-state index contributed by atoms with van der Waals surface area (Å²) in [7, 11) is 1.21. The van der Waals surface area contributed by atoms with Crippen LogP contribution in [0, 0.1) is 0 Å². The van der Waals surface area contributed by atoms with Crippen molar-refractivity contribution in [2.45, 2.75) is 51.3 Å². The topological polar surface area (TPSA) is 131 Å². The molecular weight excluding hydrogens is 512 g/mol. The summed E-state index contributed by atoms with van der Waals surface area (Å²) in [5.41, 5.74) is 1.44. The Labute approximate surface area is 233 Å². The smallest absolute Gasteiger partial charge is 0.408 e. The number of carbonyl (C=O) groups is 4. The maximum atomic E-state index is 13.5. The average Bonchev–Trinajstić information content (AvgIpc) is 2.92. The Morgan fingerprint density at radius 2 is 1.40 bits per heavy atom. The summed E-state index contributed by atoms with van der Waals surface area (Å²) in [5.74, 6) is -1.42. The molecule has 0 saturated carbocycles. The fraction of sp³-hybridized carbons (Fsp3) is 0.290. The molecule has 0 fully saturated rings. The third-order valence-electron chi connectivity index (χ3n) is 5.85. The molecule has 0 aromatic heterocycles. The predicted molar refractivity (Wildman–Crippen MR) is 149 cm³/mol. The highest BCUT2D eigenvalue weighted by Crippen LogP contribution is 2.15. The van der Waals surface area contributed by atoms with Crippen LogP contribution in [-0.4, -0.2) is 53.7 Å². The highest BCUT2D eigenvalue weighted by molar-refractivity contribution is 6.09. The third kappa shape index (κ3) is 8.97. The zero-order valence-corrected chi connectivity index (χ0v) is 23.0. The number of nitrogens with one attached hydrogen (secondary N) is 2. The number of ketones is 1. The Kier molecular flexibility index (Phi) is 10.0. The van der Waals surface area contributed by atoms with Gasteiger partial charge in [-0.3, -0.25) is 9.59 Å². The molecule has 9 nitrogen and oxygen atoms in total. The van der Waals surface area contributed by atoms with Gasteiger partial charge in [-0.05, 0) is 50.1 Å². The molecule has 0 aliphatic rings. The van der Waals surface area contributed by atoms with E-state index in [1.54, 1.807) is 81.4 Å². The van der Waals surface area contributed by atoms with Gasteiger partial charge in [-0.1, -0.05) is 60.7 Å². The molecule has 0 spiro atoms. The Hall–Kier alpha value is -4.66. The van der Waals surface area contributed by atoms with Crippen LogP contribution in [0.25, 0.3) is 0 Å². The van der Waals surface area contributed by atoms with Gasteiger partial charge in [-0.2, -0.15) is 0 Å². The van der Waals surface area contributed by atoms with E-state index < -0.39 is 35.7 Å². The first-order valence-corrected chi connectivity index (χ1v) is 12.8. The second-order valence-corrected chi connectivity index (χ2v) is 10.3. The standard InChI is InChI=1S/C31H34N2O7/c1-31(2,3)40-30(38)33-25(19-21-9-8-12-23(17-21)27(35)22-10-6-5-7-11-22)28(36)32-26(29(37)39-4)18-20-13-15-24(34)16-14-20/h5-17,25-26,34H,18-19H2,1-4H3,(H,32,36)(H,33,38)/t25-,26+/m1/s1. The largest absolute Gasteiger partial charge is 0.508 e. The van der Waals surface area contributed by atoms with Crippen LogP contribution < -0.4 is 10.6 Å². The number of methoxy groups -OCH3 is 1. The number of esters is 1. The number of hydrogen-bond acceptors (Lipinski definition) is 7. The molecule has 0 radical (unpaired) electrons. The quantitative estimate of drug-likeness (QED) is 0.259. The normalized spacial score (nSPS) is 12.5. The Balaban J connectivity index is 1.84. The van der Waals surface area contributed by atoms with Crippen molar-refractivity contribution in [1.82, 2.24) is 10.6 Å². The third-order valence-corrected chi connectivity index (χ3v) is 5.85. The van der Waals surface area contributed by atoms with Gasteiger partial charge >= 0.3 is 12.1 Å². The lowest BCUT2D eigenvalue weighted by Crippen LogP contribution is -2.53. The molecule has 3 N–H and O–H groups in total. The maximum absolute atomic E-state index is 13.5. The number of hydrogen-bond donors (Lipinski definition) is 3. The summed E-state index contributed by atoms with van der Waals surface area (Å²) >= 11 is 0. The highest BCUT2D eigenvalue weighted by atomic mass is 16.6. The summed E-state index contributed by atoms with van der Waals surface area (Å²) in [6, 6.07) is 19.6. The first-order chi connectivity index (χ1) is 18.9. The van der Waals surface area contributed by atoms with Crippen molar-refractivity contribution in [3.8, 4) is 5.75 Å². The van der Waals surface area contributed by atoms with Gasteiger partial charge in [0, 0.05) is 24.0 Å². The number of phenolic OH excluding ortho intramolecular Hbond substituents is 1.